The Kier molecular flexibility index (Phi) is 5.65. The van der Waals surface area contributed by atoms with Crippen LogP contribution in [0.2, 0.25) is 0 Å². The number of amides is 1. The van der Waals surface area contributed by atoms with Crippen LogP contribution in [0.1, 0.15) is 19.4 Å². The summed E-state index contributed by atoms with van der Waals surface area (Å²) < 4.78 is 4.93. The minimum atomic E-state index is -0.521. The fraction of sp³-hybridized carbons (Fsp3) is 0.462. The second kappa shape index (κ2) is 6.77. The third kappa shape index (κ3) is 5.84. The number of hydrogen-bond donors (Lipinski definition) is 1. The summed E-state index contributed by atoms with van der Waals surface area (Å²) in [6, 6.07) is 9.96. The average Bonchev–Trinajstić information content (AvgIpc) is 2.28. The van der Waals surface area contributed by atoms with E-state index in [0.717, 1.165) is 5.56 Å². The zero-order chi connectivity index (χ0) is 12.7. The van der Waals surface area contributed by atoms with Gasteiger partial charge in [0.15, 0.2) is 0 Å². The monoisotopic (exact) mass is 299 g/mol. The molecule has 0 aliphatic carbocycles. The first-order valence-electron chi connectivity index (χ1n) is 5.59. The summed E-state index contributed by atoms with van der Waals surface area (Å²) in [7, 11) is 0. The molecule has 0 aromatic heterocycles. The molecule has 0 saturated carbocycles. The van der Waals surface area contributed by atoms with Gasteiger partial charge in [-0.2, -0.15) is 0 Å². The summed E-state index contributed by atoms with van der Waals surface area (Å²) >= 11 is 3.30. The lowest BCUT2D eigenvalue weighted by Crippen LogP contribution is -2.39. The van der Waals surface area contributed by atoms with Gasteiger partial charge < -0.3 is 10.1 Å². The van der Waals surface area contributed by atoms with Crippen molar-refractivity contribution in [2.24, 2.45) is 0 Å². The standard InChI is InChI=1S/C13H18BrNO2/c1-13(2,14)12(16)15-8-9-17-10-11-6-4-3-5-7-11/h3-7H,8-10H2,1-2H3,(H,15,16). The highest BCUT2D eigenvalue weighted by Crippen LogP contribution is 2.14. The summed E-state index contributed by atoms with van der Waals surface area (Å²) in [6.07, 6.45) is 0. The van der Waals surface area contributed by atoms with Gasteiger partial charge in [0.2, 0.25) is 5.91 Å². The van der Waals surface area contributed by atoms with Gasteiger partial charge in [0, 0.05) is 6.54 Å². The largest absolute Gasteiger partial charge is 0.375 e. The topological polar surface area (TPSA) is 38.3 Å². The Labute approximate surface area is 111 Å². The zero-order valence-electron chi connectivity index (χ0n) is 10.2. The summed E-state index contributed by atoms with van der Waals surface area (Å²) in [5.41, 5.74) is 1.14. The minimum Gasteiger partial charge on any atom is -0.375 e. The van der Waals surface area contributed by atoms with Gasteiger partial charge in [0.25, 0.3) is 0 Å². The zero-order valence-corrected chi connectivity index (χ0v) is 11.8. The van der Waals surface area contributed by atoms with Crippen LogP contribution in [0.4, 0.5) is 0 Å². The van der Waals surface area contributed by atoms with E-state index in [4.69, 9.17) is 4.74 Å². The molecule has 1 aromatic rings. The molecule has 0 fully saturated rings. The molecule has 0 unspecified atom stereocenters. The van der Waals surface area contributed by atoms with Crippen molar-refractivity contribution in [1.29, 1.82) is 0 Å². The van der Waals surface area contributed by atoms with Crippen LogP contribution < -0.4 is 5.32 Å². The van der Waals surface area contributed by atoms with Crippen molar-refractivity contribution >= 4 is 21.8 Å². The van der Waals surface area contributed by atoms with Crippen molar-refractivity contribution in [3.8, 4) is 0 Å². The van der Waals surface area contributed by atoms with Gasteiger partial charge >= 0.3 is 0 Å². The van der Waals surface area contributed by atoms with Crippen molar-refractivity contribution in [2.75, 3.05) is 13.2 Å². The van der Waals surface area contributed by atoms with E-state index in [2.05, 4.69) is 21.2 Å². The number of carbonyl (C=O) groups is 1. The number of rotatable bonds is 6. The molecule has 17 heavy (non-hydrogen) atoms. The number of hydrogen-bond acceptors (Lipinski definition) is 2. The van der Waals surface area contributed by atoms with Crippen molar-refractivity contribution < 1.29 is 9.53 Å². The molecule has 0 radical (unpaired) electrons. The van der Waals surface area contributed by atoms with E-state index in [1.807, 2.05) is 44.2 Å². The molecule has 0 bridgehead atoms. The molecular formula is C13H18BrNO2. The van der Waals surface area contributed by atoms with Gasteiger partial charge in [-0.1, -0.05) is 46.3 Å². The van der Waals surface area contributed by atoms with Gasteiger partial charge in [0.1, 0.15) is 0 Å². The van der Waals surface area contributed by atoms with E-state index in [9.17, 15) is 4.79 Å². The summed E-state index contributed by atoms with van der Waals surface area (Å²) in [5, 5.41) is 2.80. The van der Waals surface area contributed by atoms with Crippen LogP contribution in [0, 0.1) is 0 Å². The number of benzene rings is 1. The second-order valence-electron chi connectivity index (χ2n) is 4.27. The van der Waals surface area contributed by atoms with E-state index < -0.39 is 4.32 Å². The Balaban J connectivity index is 2.12. The highest BCUT2D eigenvalue weighted by atomic mass is 79.9. The predicted octanol–water partition coefficient (Wildman–Crippen LogP) is 2.49. The Bertz CT molecular complexity index is 346. The molecule has 3 nitrogen and oxygen atoms in total. The first kappa shape index (κ1) is 14.2. The normalized spacial score (nSPS) is 11.2. The van der Waals surface area contributed by atoms with Crippen LogP contribution in [-0.2, 0) is 16.1 Å². The quantitative estimate of drug-likeness (QED) is 0.647. The van der Waals surface area contributed by atoms with Gasteiger partial charge in [-0.3, -0.25) is 4.79 Å². The van der Waals surface area contributed by atoms with Crippen molar-refractivity contribution in [3.05, 3.63) is 35.9 Å². The molecule has 4 heteroatoms. The summed E-state index contributed by atoms with van der Waals surface area (Å²) in [5.74, 6) is -0.0270. The number of alkyl halides is 1. The van der Waals surface area contributed by atoms with Crippen LogP contribution in [-0.4, -0.2) is 23.4 Å². The van der Waals surface area contributed by atoms with Crippen molar-refractivity contribution in [3.63, 3.8) is 0 Å². The molecule has 0 saturated heterocycles. The molecule has 0 aliphatic rings. The van der Waals surface area contributed by atoms with Gasteiger partial charge in [0.05, 0.1) is 17.5 Å². The van der Waals surface area contributed by atoms with E-state index in [-0.39, 0.29) is 5.91 Å². The van der Waals surface area contributed by atoms with Crippen molar-refractivity contribution in [2.45, 2.75) is 24.8 Å². The first-order valence-corrected chi connectivity index (χ1v) is 6.38. The minimum absolute atomic E-state index is 0.0270. The molecule has 0 spiro atoms. The molecular weight excluding hydrogens is 282 g/mol. The van der Waals surface area contributed by atoms with Crippen LogP contribution in [0.15, 0.2) is 30.3 Å². The fourth-order valence-electron chi connectivity index (χ4n) is 1.21. The van der Waals surface area contributed by atoms with Crippen LogP contribution in [0.5, 0.6) is 0 Å². The Morgan fingerprint density at radius 3 is 2.59 bits per heavy atom. The van der Waals surface area contributed by atoms with E-state index >= 15 is 0 Å². The average molecular weight is 300 g/mol. The number of carbonyl (C=O) groups excluding carboxylic acids is 1. The van der Waals surface area contributed by atoms with Crippen LogP contribution in [0.25, 0.3) is 0 Å². The second-order valence-corrected chi connectivity index (χ2v) is 6.25. The molecule has 0 heterocycles. The Morgan fingerprint density at radius 2 is 2.00 bits per heavy atom. The van der Waals surface area contributed by atoms with E-state index in [1.165, 1.54) is 0 Å². The van der Waals surface area contributed by atoms with Gasteiger partial charge in [-0.15, -0.1) is 0 Å². The lowest BCUT2D eigenvalue weighted by atomic mass is 10.2. The number of ether oxygens (including phenoxy) is 1. The van der Waals surface area contributed by atoms with E-state index in [1.54, 1.807) is 0 Å². The highest BCUT2D eigenvalue weighted by molar-refractivity contribution is 9.10. The molecule has 1 aromatic carbocycles. The maximum absolute atomic E-state index is 11.5. The molecule has 94 valence electrons. The molecule has 1 N–H and O–H groups in total. The lowest BCUT2D eigenvalue weighted by molar-refractivity contribution is -0.122. The SMILES string of the molecule is CC(C)(Br)C(=O)NCCOCc1ccccc1. The summed E-state index contributed by atoms with van der Waals surface area (Å²) in [4.78, 5) is 11.5. The molecule has 1 rings (SSSR count). The molecule has 1 amide bonds. The van der Waals surface area contributed by atoms with Crippen LogP contribution in [0.3, 0.4) is 0 Å². The van der Waals surface area contributed by atoms with Crippen molar-refractivity contribution in [1.82, 2.24) is 5.32 Å². The number of nitrogens with one attached hydrogen (secondary N) is 1. The maximum atomic E-state index is 11.5. The van der Waals surface area contributed by atoms with Gasteiger partial charge in [-0.25, -0.2) is 0 Å². The first-order chi connectivity index (χ1) is 8.00. The Hall–Kier alpha value is -0.870. The third-order valence-corrected chi connectivity index (χ3v) is 2.54. The van der Waals surface area contributed by atoms with Crippen LogP contribution >= 0.6 is 15.9 Å². The lowest BCUT2D eigenvalue weighted by Gasteiger charge is -2.15. The number of halogens is 1. The Morgan fingerprint density at radius 1 is 1.35 bits per heavy atom. The fourth-order valence-corrected chi connectivity index (χ4v) is 1.35. The van der Waals surface area contributed by atoms with E-state index in [0.29, 0.717) is 19.8 Å². The predicted molar refractivity (Wildman–Crippen MR) is 72.1 cm³/mol. The van der Waals surface area contributed by atoms with Gasteiger partial charge in [-0.05, 0) is 19.4 Å². The third-order valence-electron chi connectivity index (χ3n) is 2.18. The maximum Gasteiger partial charge on any atom is 0.236 e. The smallest absolute Gasteiger partial charge is 0.236 e. The summed E-state index contributed by atoms with van der Waals surface area (Å²) in [6.45, 7) is 5.25. The molecule has 0 atom stereocenters. The highest BCUT2D eigenvalue weighted by Gasteiger charge is 2.22. The molecule has 0 aliphatic heterocycles.